The highest BCUT2D eigenvalue weighted by molar-refractivity contribution is 7.93. The van der Waals surface area contributed by atoms with Crippen LogP contribution in [-0.2, 0) is 10.0 Å². The van der Waals surface area contributed by atoms with Crippen LogP contribution in [0.5, 0.6) is 0 Å². The zero-order chi connectivity index (χ0) is 13.2. The highest BCUT2D eigenvalue weighted by atomic mass is 32.2. The molecule has 0 radical (unpaired) electrons. The number of nitrogens with one attached hydrogen (secondary N) is 1. The molecule has 2 aromatic rings. The summed E-state index contributed by atoms with van der Waals surface area (Å²) in [6.07, 6.45) is 1.24. The maximum atomic E-state index is 11.7. The summed E-state index contributed by atoms with van der Waals surface area (Å²) in [5.41, 5.74) is 1.24. The summed E-state index contributed by atoms with van der Waals surface area (Å²) in [4.78, 5) is 0. The van der Waals surface area contributed by atoms with E-state index in [1.54, 1.807) is 38.1 Å². The Morgan fingerprint density at radius 3 is 2.39 bits per heavy atom. The second-order valence-corrected chi connectivity index (χ2v) is 6.25. The van der Waals surface area contributed by atoms with Gasteiger partial charge in [-0.2, -0.15) is 0 Å². The first-order valence-corrected chi connectivity index (χ1v) is 6.92. The molecule has 0 atom stereocenters. The number of hydrogen-bond donors (Lipinski definition) is 1. The molecule has 0 saturated heterocycles. The van der Waals surface area contributed by atoms with Gasteiger partial charge in [0.25, 0.3) is 0 Å². The number of anilines is 1. The predicted octanol–water partition coefficient (Wildman–Crippen LogP) is 1.89. The third-order valence-corrected chi connectivity index (χ3v) is 4.13. The Morgan fingerprint density at radius 1 is 1.22 bits per heavy atom. The third kappa shape index (κ3) is 2.67. The van der Waals surface area contributed by atoms with Crippen LogP contribution in [0, 0.1) is 0 Å². The van der Waals surface area contributed by atoms with Crippen molar-refractivity contribution in [3.05, 3.63) is 30.7 Å². The van der Waals surface area contributed by atoms with Crippen molar-refractivity contribution >= 4 is 15.7 Å². The Kier molecular flexibility index (Phi) is 3.33. The average Bonchev–Trinajstić information content (AvgIpc) is 2.83. The van der Waals surface area contributed by atoms with E-state index in [0.29, 0.717) is 11.6 Å². The molecule has 0 aliphatic rings. The molecule has 0 unspecified atom stereocenters. The fourth-order valence-corrected chi connectivity index (χ4v) is 1.96. The van der Waals surface area contributed by atoms with Gasteiger partial charge < -0.3 is 4.42 Å². The first-order chi connectivity index (χ1) is 8.49. The number of benzene rings is 1. The van der Waals surface area contributed by atoms with Crippen LogP contribution in [0.1, 0.15) is 13.8 Å². The van der Waals surface area contributed by atoms with E-state index in [4.69, 9.17) is 4.42 Å². The van der Waals surface area contributed by atoms with E-state index in [2.05, 4.69) is 14.9 Å². The fraction of sp³-hybridized carbons (Fsp3) is 0.273. The summed E-state index contributed by atoms with van der Waals surface area (Å²) in [6.45, 7) is 3.24. The summed E-state index contributed by atoms with van der Waals surface area (Å²) in [6, 6.07) is 6.73. The maximum absolute atomic E-state index is 11.7. The molecule has 6 nitrogen and oxygen atoms in total. The number of sulfonamides is 1. The van der Waals surface area contributed by atoms with Crippen LogP contribution in [-0.4, -0.2) is 23.9 Å². The molecule has 0 amide bonds. The Bertz CT molecular complexity index is 603. The van der Waals surface area contributed by atoms with Crippen LogP contribution in [0.25, 0.3) is 11.5 Å². The van der Waals surface area contributed by atoms with Crippen molar-refractivity contribution in [3.63, 3.8) is 0 Å². The molecule has 1 N–H and O–H groups in total. The van der Waals surface area contributed by atoms with Gasteiger partial charge in [0.05, 0.1) is 5.25 Å². The SMILES string of the molecule is CC(C)S(=O)(=O)Nc1ccc(-c2nnco2)cc1. The Labute approximate surface area is 105 Å². The normalized spacial score (nSPS) is 11.7. The molecule has 0 saturated carbocycles. The Balaban J connectivity index is 2.19. The summed E-state index contributed by atoms with van der Waals surface area (Å²) in [5.74, 6) is 0.397. The van der Waals surface area contributed by atoms with Crippen molar-refractivity contribution in [1.82, 2.24) is 10.2 Å². The van der Waals surface area contributed by atoms with Crippen LogP contribution in [0.15, 0.2) is 35.1 Å². The van der Waals surface area contributed by atoms with E-state index < -0.39 is 15.3 Å². The van der Waals surface area contributed by atoms with Gasteiger partial charge in [-0.25, -0.2) is 8.42 Å². The van der Waals surface area contributed by atoms with E-state index >= 15 is 0 Å². The zero-order valence-corrected chi connectivity index (χ0v) is 10.8. The van der Waals surface area contributed by atoms with Gasteiger partial charge in [-0.05, 0) is 38.1 Å². The van der Waals surface area contributed by atoms with E-state index in [9.17, 15) is 8.42 Å². The molecular formula is C11H13N3O3S. The van der Waals surface area contributed by atoms with E-state index in [1.807, 2.05) is 0 Å². The van der Waals surface area contributed by atoms with Crippen molar-refractivity contribution in [2.75, 3.05) is 4.72 Å². The minimum absolute atomic E-state index is 0.397. The topological polar surface area (TPSA) is 85.1 Å². The first kappa shape index (κ1) is 12.6. The smallest absolute Gasteiger partial charge is 0.247 e. The van der Waals surface area contributed by atoms with Gasteiger partial charge in [0, 0.05) is 11.3 Å². The van der Waals surface area contributed by atoms with Crippen LogP contribution in [0.3, 0.4) is 0 Å². The van der Waals surface area contributed by atoms with Gasteiger partial charge in [-0.1, -0.05) is 0 Å². The molecule has 0 spiro atoms. The molecule has 0 bridgehead atoms. The van der Waals surface area contributed by atoms with Crippen molar-refractivity contribution in [3.8, 4) is 11.5 Å². The lowest BCUT2D eigenvalue weighted by atomic mass is 10.2. The Hall–Kier alpha value is -1.89. The second kappa shape index (κ2) is 4.77. The van der Waals surface area contributed by atoms with Gasteiger partial charge in [0.15, 0.2) is 0 Å². The third-order valence-electron chi connectivity index (χ3n) is 2.37. The van der Waals surface area contributed by atoms with Gasteiger partial charge in [0.1, 0.15) is 0 Å². The molecule has 1 heterocycles. The molecule has 18 heavy (non-hydrogen) atoms. The minimum atomic E-state index is -3.32. The molecule has 1 aromatic heterocycles. The first-order valence-electron chi connectivity index (χ1n) is 5.37. The minimum Gasteiger partial charge on any atom is -0.423 e. The second-order valence-electron chi connectivity index (χ2n) is 4.02. The standard InChI is InChI=1S/C11H13N3O3S/c1-8(2)18(15,16)14-10-5-3-9(4-6-10)11-13-12-7-17-11/h3-8,14H,1-2H3. The zero-order valence-electron chi connectivity index (χ0n) is 9.99. The lowest BCUT2D eigenvalue weighted by molar-refractivity contribution is 0.568. The maximum Gasteiger partial charge on any atom is 0.247 e. The average molecular weight is 267 g/mol. The van der Waals surface area contributed by atoms with Crippen molar-refractivity contribution in [2.45, 2.75) is 19.1 Å². The van der Waals surface area contributed by atoms with Crippen LogP contribution in [0.2, 0.25) is 0 Å². The van der Waals surface area contributed by atoms with Crippen molar-refractivity contribution in [1.29, 1.82) is 0 Å². The number of aromatic nitrogens is 2. The number of rotatable bonds is 4. The van der Waals surface area contributed by atoms with Crippen LogP contribution >= 0.6 is 0 Å². The molecule has 0 aliphatic heterocycles. The summed E-state index contributed by atoms with van der Waals surface area (Å²) in [7, 11) is -3.32. The molecule has 2 rings (SSSR count). The highest BCUT2D eigenvalue weighted by Gasteiger charge is 2.15. The van der Waals surface area contributed by atoms with E-state index in [-0.39, 0.29) is 0 Å². The van der Waals surface area contributed by atoms with Gasteiger partial charge in [0.2, 0.25) is 22.3 Å². The lowest BCUT2D eigenvalue weighted by Crippen LogP contribution is -2.22. The highest BCUT2D eigenvalue weighted by Crippen LogP contribution is 2.20. The lowest BCUT2D eigenvalue weighted by Gasteiger charge is -2.10. The van der Waals surface area contributed by atoms with Crippen LogP contribution < -0.4 is 4.72 Å². The largest absolute Gasteiger partial charge is 0.423 e. The van der Waals surface area contributed by atoms with Gasteiger partial charge in [-0.3, -0.25) is 4.72 Å². The molecular weight excluding hydrogens is 254 g/mol. The molecule has 0 fully saturated rings. The molecule has 0 aliphatic carbocycles. The van der Waals surface area contributed by atoms with Crippen molar-refractivity contribution in [2.24, 2.45) is 0 Å². The monoisotopic (exact) mass is 267 g/mol. The summed E-state index contributed by atoms with van der Waals surface area (Å²) < 4.78 is 30.9. The number of nitrogens with zero attached hydrogens (tertiary/aromatic N) is 2. The van der Waals surface area contributed by atoms with E-state index in [0.717, 1.165) is 5.56 Å². The molecule has 96 valence electrons. The van der Waals surface area contributed by atoms with Gasteiger partial charge >= 0.3 is 0 Å². The quantitative estimate of drug-likeness (QED) is 0.914. The molecule has 1 aromatic carbocycles. The summed E-state index contributed by atoms with van der Waals surface area (Å²) in [5, 5.41) is 6.86. The van der Waals surface area contributed by atoms with Crippen LogP contribution in [0.4, 0.5) is 5.69 Å². The predicted molar refractivity (Wildman–Crippen MR) is 67.4 cm³/mol. The summed E-state index contributed by atoms with van der Waals surface area (Å²) >= 11 is 0. The van der Waals surface area contributed by atoms with Crippen molar-refractivity contribution < 1.29 is 12.8 Å². The number of hydrogen-bond acceptors (Lipinski definition) is 5. The van der Waals surface area contributed by atoms with Gasteiger partial charge in [-0.15, -0.1) is 10.2 Å². The fourth-order valence-electron chi connectivity index (χ4n) is 1.26. The molecule has 7 heteroatoms. The van der Waals surface area contributed by atoms with E-state index in [1.165, 1.54) is 6.39 Å². The Morgan fingerprint density at radius 2 is 1.89 bits per heavy atom.